The van der Waals surface area contributed by atoms with Gasteiger partial charge in [0.25, 0.3) is 17.7 Å². The van der Waals surface area contributed by atoms with Crippen molar-refractivity contribution in [3.05, 3.63) is 73.7 Å². The zero-order chi connectivity index (χ0) is 24.7. The number of hydrogen-bond donors (Lipinski definition) is 1. The lowest BCUT2D eigenvalue weighted by molar-refractivity contribution is -0.150. The normalized spacial score (nSPS) is 13.7. The van der Waals surface area contributed by atoms with Crippen molar-refractivity contribution in [2.75, 3.05) is 11.9 Å². The standard InChI is InChI=1S/C23H14Cl4N2O5/c1-10(29-21(31)15-16(22(29)32)18(25)20(27)19(26)17(15)24)23(33)34-9-14(30)28-13-8-4-6-11-5-2-3-7-12(11)13/h2-8,10H,9H2,1H3,(H,28,30). The van der Waals surface area contributed by atoms with E-state index in [1.807, 2.05) is 30.3 Å². The minimum absolute atomic E-state index is 0.185. The number of benzene rings is 3. The summed E-state index contributed by atoms with van der Waals surface area (Å²) in [6.07, 6.45) is 0. The lowest BCUT2D eigenvalue weighted by Crippen LogP contribution is -2.44. The van der Waals surface area contributed by atoms with E-state index in [0.717, 1.165) is 10.8 Å². The molecule has 0 spiro atoms. The molecular weight excluding hydrogens is 526 g/mol. The predicted octanol–water partition coefficient (Wildman–Crippen LogP) is 5.62. The summed E-state index contributed by atoms with van der Waals surface area (Å²) in [6.45, 7) is 0.645. The Kier molecular flexibility index (Phi) is 6.73. The van der Waals surface area contributed by atoms with Crippen LogP contribution in [0.1, 0.15) is 27.6 Å². The van der Waals surface area contributed by atoms with Crippen LogP contribution in [0.15, 0.2) is 42.5 Å². The van der Waals surface area contributed by atoms with Gasteiger partial charge in [0.05, 0.1) is 31.2 Å². The van der Waals surface area contributed by atoms with Gasteiger partial charge in [-0.15, -0.1) is 0 Å². The highest BCUT2D eigenvalue weighted by molar-refractivity contribution is 6.55. The molecule has 1 aliphatic heterocycles. The average Bonchev–Trinajstić information content (AvgIpc) is 3.09. The molecule has 1 N–H and O–H groups in total. The van der Waals surface area contributed by atoms with Crippen molar-refractivity contribution in [3.8, 4) is 0 Å². The molecule has 11 heteroatoms. The van der Waals surface area contributed by atoms with Gasteiger partial charge in [0.2, 0.25) is 0 Å². The number of ether oxygens (including phenoxy) is 1. The number of halogens is 4. The Balaban J connectivity index is 1.46. The fraction of sp³-hybridized carbons (Fsp3) is 0.130. The summed E-state index contributed by atoms with van der Waals surface area (Å²) in [5, 5.41) is 3.55. The Labute approximate surface area is 213 Å². The van der Waals surface area contributed by atoms with Gasteiger partial charge in [-0.1, -0.05) is 82.8 Å². The van der Waals surface area contributed by atoms with Crippen molar-refractivity contribution in [1.29, 1.82) is 0 Å². The van der Waals surface area contributed by atoms with Crippen molar-refractivity contribution < 1.29 is 23.9 Å². The number of anilines is 1. The van der Waals surface area contributed by atoms with E-state index in [9.17, 15) is 19.2 Å². The fourth-order valence-corrected chi connectivity index (χ4v) is 4.62. The monoisotopic (exact) mass is 538 g/mol. The van der Waals surface area contributed by atoms with Crippen LogP contribution in [0.25, 0.3) is 10.8 Å². The SMILES string of the molecule is CC(C(=O)OCC(=O)Nc1cccc2ccccc12)N1C(=O)c2c(Cl)c(Cl)c(Cl)c(Cl)c2C1=O. The summed E-state index contributed by atoms with van der Waals surface area (Å²) in [5.74, 6) is -3.33. The zero-order valence-electron chi connectivity index (χ0n) is 17.3. The summed E-state index contributed by atoms with van der Waals surface area (Å²) in [5.41, 5.74) is 0.0458. The molecule has 0 saturated carbocycles. The van der Waals surface area contributed by atoms with Crippen LogP contribution in [0, 0.1) is 0 Å². The van der Waals surface area contributed by atoms with Gasteiger partial charge in [0, 0.05) is 11.1 Å². The number of imide groups is 1. The van der Waals surface area contributed by atoms with E-state index in [1.165, 1.54) is 6.92 Å². The number of hydrogen-bond acceptors (Lipinski definition) is 5. The summed E-state index contributed by atoms with van der Waals surface area (Å²) in [6, 6.07) is 11.5. The van der Waals surface area contributed by atoms with Gasteiger partial charge in [-0.25, -0.2) is 4.79 Å². The van der Waals surface area contributed by atoms with Crippen molar-refractivity contribution in [2.24, 2.45) is 0 Å². The molecule has 3 aromatic carbocycles. The molecule has 3 amide bonds. The molecule has 0 aromatic heterocycles. The highest BCUT2D eigenvalue weighted by Gasteiger charge is 2.45. The predicted molar refractivity (Wildman–Crippen MR) is 130 cm³/mol. The van der Waals surface area contributed by atoms with Gasteiger partial charge < -0.3 is 10.1 Å². The summed E-state index contributed by atoms with van der Waals surface area (Å²) in [7, 11) is 0. The molecular formula is C23H14Cl4N2O5. The van der Waals surface area contributed by atoms with Crippen LogP contribution in [0.3, 0.4) is 0 Å². The molecule has 7 nitrogen and oxygen atoms in total. The lowest BCUT2D eigenvalue weighted by atomic mass is 10.1. The largest absolute Gasteiger partial charge is 0.454 e. The van der Waals surface area contributed by atoms with Gasteiger partial charge >= 0.3 is 5.97 Å². The average molecular weight is 540 g/mol. The van der Waals surface area contributed by atoms with E-state index in [4.69, 9.17) is 51.1 Å². The minimum Gasteiger partial charge on any atom is -0.454 e. The number of carbonyl (C=O) groups is 4. The highest BCUT2D eigenvalue weighted by Crippen LogP contribution is 2.45. The maximum Gasteiger partial charge on any atom is 0.329 e. The molecule has 0 fully saturated rings. The molecule has 1 unspecified atom stereocenters. The van der Waals surface area contributed by atoms with Crippen molar-refractivity contribution in [3.63, 3.8) is 0 Å². The van der Waals surface area contributed by atoms with Crippen molar-refractivity contribution in [1.82, 2.24) is 4.90 Å². The first-order valence-corrected chi connectivity index (χ1v) is 11.3. The molecule has 0 bridgehead atoms. The van der Waals surface area contributed by atoms with E-state index < -0.39 is 36.3 Å². The molecule has 1 aliphatic rings. The second-order valence-corrected chi connectivity index (χ2v) is 8.86. The highest BCUT2D eigenvalue weighted by atomic mass is 35.5. The minimum atomic E-state index is -1.37. The maximum absolute atomic E-state index is 12.9. The van der Waals surface area contributed by atoms with E-state index in [2.05, 4.69) is 5.32 Å². The molecule has 4 rings (SSSR count). The van der Waals surface area contributed by atoms with Crippen LogP contribution in [0.2, 0.25) is 20.1 Å². The second kappa shape index (κ2) is 9.43. The third-order valence-electron chi connectivity index (χ3n) is 5.27. The molecule has 0 aliphatic carbocycles. The van der Waals surface area contributed by atoms with E-state index >= 15 is 0 Å². The lowest BCUT2D eigenvalue weighted by Gasteiger charge is -2.20. The maximum atomic E-state index is 12.9. The molecule has 1 atom stereocenters. The van der Waals surface area contributed by atoms with Gasteiger partial charge in [-0.3, -0.25) is 19.3 Å². The summed E-state index contributed by atoms with van der Waals surface area (Å²) >= 11 is 24.2. The van der Waals surface area contributed by atoms with Gasteiger partial charge in [-0.05, 0) is 18.4 Å². The van der Waals surface area contributed by atoms with Crippen molar-refractivity contribution >= 4 is 86.6 Å². The molecule has 34 heavy (non-hydrogen) atoms. The van der Waals surface area contributed by atoms with Crippen LogP contribution in [0.4, 0.5) is 5.69 Å². The number of amides is 3. The Morgan fingerprint density at radius 2 is 1.44 bits per heavy atom. The Morgan fingerprint density at radius 1 is 0.882 bits per heavy atom. The Morgan fingerprint density at radius 3 is 2.06 bits per heavy atom. The van der Waals surface area contributed by atoms with E-state index in [-0.39, 0.29) is 31.2 Å². The summed E-state index contributed by atoms with van der Waals surface area (Å²) < 4.78 is 5.05. The number of rotatable bonds is 5. The van der Waals surface area contributed by atoms with Crippen LogP contribution in [-0.2, 0) is 14.3 Å². The smallest absolute Gasteiger partial charge is 0.329 e. The molecule has 3 aromatic rings. The molecule has 0 radical (unpaired) electrons. The second-order valence-electron chi connectivity index (χ2n) is 7.34. The molecule has 1 heterocycles. The zero-order valence-corrected chi connectivity index (χ0v) is 20.3. The first kappa shape index (κ1) is 24.3. The van der Waals surface area contributed by atoms with Gasteiger partial charge in [-0.2, -0.15) is 0 Å². The topological polar surface area (TPSA) is 92.8 Å². The van der Waals surface area contributed by atoms with E-state index in [1.54, 1.807) is 12.1 Å². The van der Waals surface area contributed by atoms with Crippen LogP contribution in [0.5, 0.6) is 0 Å². The number of esters is 1. The summed E-state index contributed by atoms with van der Waals surface area (Å²) in [4.78, 5) is 51.3. The molecule has 0 saturated heterocycles. The number of carbonyl (C=O) groups excluding carboxylic acids is 4. The number of nitrogens with one attached hydrogen (secondary N) is 1. The molecule has 174 valence electrons. The van der Waals surface area contributed by atoms with Crippen LogP contribution in [-0.4, -0.2) is 41.2 Å². The first-order chi connectivity index (χ1) is 16.1. The van der Waals surface area contributed by atoms with Gasteiger partial charge in [0.1, 0.15) is 6.04 Å². The number of fused-ring (bicyclic) bond motifs is 2. The van der Waals surface area contributed by atoms with Crippen LogP contribution < -0.4 is 5.32 Å². The first-order valence-electron chi connectivity index (χ1n) is 9.81. The quantitative estimate of drug-likeness (QED) is 0.196. The van der Waals surface area contributed by atoms with E-state index in [0.29, 0.717) is 10.6 Å². The third-order valence-corrected chi connectivity index (χ3v) is 7.07. The van der Waals surface area contributed by atoms with Gasteiger partial charge in [0.15, 0.2) is 6.61 Å². The van der Waals surface area contributed by atoms with Crippen LogP contribution >= 0.6 is 46.4 Å². The fourth-order valence-electron chi connectivity index (χ4n) is 3.60. The Bertz CT molecular complexity index is 1340. The third kappa shape index (κ3) is 4.09. The number of nitrogens with zero attached hydrogens (tertiary/aromatic N) is 1. The Hall–Kier alpha value is -2.84. The van der Waals surface area contributed by atoms with Crippen molar-refractivity contribution in [2.45, 2.75) is 13.0 Å².